The minimum atomic E-state index is -1.28. The molecule has 0 aromatic heterocycles. The molecule has 1 atom stereocenters. The van der Waals surface area contributed by atoms with Crippen molar-refractivity contribution in [3.63, 3.8) is 0 Å². The number of hydrogen-bond acceptors (Lipinski definition) is 3. The monoisotopic (exact) mass is 417 g/mol. The maximum Gasteiger partial charge on any atom is 0.325 e. The van der Waals surface area contributed by atoms with Gasteiger partial charge in [-0.3, -0.25) is 14.5 Å². The number of halogens is 1. The maximum atomic E-state index is 13.3. The first-order valence-corrected chi connectivity index (χ1v) is 9.72. The van der Waals surface area contributed by atoms with Gasteiger partial charge in [0.05, 0.1) is 6.54 Å². The Bertz CT molecular complexity index is 1150. The predicted octanol–water partition coefficient (Wildman–Crippen LogP) is 4.05. The molecule has 1 unspecified atom stereocenters. The maximum absolute atomic E-state index is 13.3. The number of anilines is 1. The highest BCUT2D eigenvalue weighted by atomic mass is 19.1. The van der Waals surface area contributed by atoms with Crippen LogP contribution in [-0.2, 0) is 16.9 Å². The van der Waals surface area contributed by atoms with Crippen molar-refractivity contribution in [3.05, 3.63) is 101 Å². The van der Waals surface area contributed by atoms with Crippen molar-refractivity contribution in [1.82, 2.24) is 10.2 Å². The lowest BCUT2D eigenvalue weighted by atomic mass is 9.92. The van der Waals surface area contributed by atoms with Gasteiger partial charge in [-0.2, -0.15) is 0 Å². The summed E-state index contributed by atoms with van der Waals surface area (Å²) in [6, 6.07) is 20.7. The van der Waals surface area contributed by atoms with Gasteiger partial charge in [0, 0.05) is 11.3 Å². The van der Waals surface area contributed by atoms with Crippen LogP contribution in [0.2, 0.25) is 0 Å². The second-order valence-corrected chi connectivity index (χ2v) is 7.47. The average molecular weight is 417 g/mol. The summed E-state index contributed by atoms with van der Waals surface area (Å²) in [5, 5.41) is 5.50. The van der Waals surface area contributed by atoms with Gasteiger partial charge in [0.15, 0.2) is 0 Å². The van der Waals surface area contributed by atoms with Crippen LogP contribution in [0.1, 0.15) is 28.4 Å². The third kappa shape index (κ3) is 4.02. The number of benzene rings is 3. The van der Waals surface area contributed by atoms with Gasteiger partial charge >= 0.3 is 6.03 Å². The summed E-state index contributed by atoms with van der Waals surface area (Å²) < 4.78 is 13.3. The Hall–Kier alpha value is -4.00. The zero-order chi connectivity index (χ0) is 22.0. The molecule has 0 spiro atoms. The number of rotatable bonds is 5. The number of carbonyl (C=O) groups is 3. The molecule has 1 saturated heterocycles. The van der Waals surface area contributed by atoms with Crippen LogP contribution in [0.3, 0.4) is 0 Å². The van der Waals surface area contributed by atoms with Crippen LogP contribution in [0.25, 0.3) is 0 Å². The number of para-hydroxylation sites is 1. The number of nitrogens with zero attached hydrogens (tertiary/aromatic N) is 1. The first-order valence-electron chi connectivity index (χ1n) is 9.72. The molecule has 2 N–H and O–H groups in total. The van der Waals surface area contributed by atoms with E-state index >= 15 is 0 Å². The van der Waals surface area contributed by atoms with Gasteiger partial charge in [0.25, 0.3) is 11.8 Å². The Morgan fingerprint density at radius 1 is 1.00 bits per heavy atom. The summed E-state index contributed by atoms with van der Waals surface area (Å²) in [6.07, 6.45) is 0. The van der Waals surface area contributed by atoms with Gasteiger partial charge in [0.1, 0.15) is 11.4 Å². The lowest BCUT2D eigenvalue weighted by Gasteiger charge is -2.22. The quantitative estimate of drug-likeness (QED) is 0.615. The Kier molecular flexibility index (Phi) is 5.25. The second-order valence-electron chi connectivity index (χ2n) is 7.47. The van der Waals surface area contributed by atoms with E-state index in [1.807, 2.05) is 18.2 Å². The van der Waals surface area contributed by atoms with Crippen molar-refractivity contribution in [3.8, 4) is 0 Å². The first kappa shape index (κ1) is 20.3. The van der Waals surface area contributed by atoms with Crippen LogP contribution in [0.15, 0.2) is 78.9 Å². The van der Waals surface area contributed by atoms with Crippen LogP contribution < -0.4 is 10.6 Å². The van der Waals surface area contributed by atoms with E-state index in [0.29, 0.717) is 22.4 Å². The fraction of sp³-hybridized carbons (Fsp3) is 0.125. The Morgan fingerprint density at radius 3 is 2.42 bits per heavy atom. The van der Waals surface area contributed by atoms with Crippen LogP contribution in [-0.4, -0.2) is 22.7 Å². The van der Waals surface area contributed by atoms with Gasteiger partial charge in [-0.25, -0.2) is 9.18 Å². The molecule has 0 aliphatic carbocycles. The van der Waals surface area contributed by atoms with Crippen LogP contribution in [0.5, 0.6) is 0 Å². The van der Waals surface area contributed by atoms with Crippen LogP contribution >= 0.6 is 0 Å². The Balaban J connectivity index is 1.52. The van der Waals surface area contributed by atoms with Crippen molar-refractivity contribution in [2.24, 2.45) is 0 Å². The van der Waals surface area contributed by atoms with Gasteiger partial charge in [-0.05, 0) is 54.4 Å². The van der Waals surface area contributed by atoms with Crippen LogP contribution in [0, 0.1) is 5.82 Å². The molecule has 1 aliphatic rings. The van der Waals surface area contributed by atoms with E-state index in [9.17, 15) is 18.8 Å². The second kappa shape index (κ2) is 8.02. The molecule has 1 aliphatic heterocycles. The number of urea groups is 1. The van der Waals surface area contributed by atoms with Crippen molar-refractivity contribution < 1.29 is 18.8 Å². The number of nitrogens with one attached hydrogen (secondary N) is 2. The molecule has 1 heterocycles. The normalized spacial score (nSPS) is 18.1. The molecule has 7 heteroatoms. The standard InChI is InChI=1S/C24H20FN3O3/c1-24(18-10-12-19(25)13-11-18)22(30)28(23(31)27-24)15-16-6-5-7-17(14-16)21(29)26-20-8-3-2-4-9-20/h2-14H,15H2,1H3,(H,26,29)(H,27,31). The summed E-state index contributed by atoms with van der Waals surface area (Å²) in [5.41, 5.74) is 0.919. The van der Waals surface area contributed by atoms with E-state index in [4.69, 9.17) is 0 Å². The van der Waals surface area contributed by atoms with E-state index in [2.05, 4.69) is 10.6 Å². The zero-order valence-corrected chi connectivity index (χ0v) is 16.8. The topological polar surface area (TPSA) is 78.5 Å². The van der Waals surface area contributed by atoms with Crippen LogP contribution in [0.4, 0.5) is 14.9 Å². The van der Waals surface area contributed by atoms with Crippen molar-refractivity contribution in [2.75, 3.05) is 5.32 Å². The average Bonchev–Trinajstić information content (AvgIpc) is 2.99. The zero-order valence-electron chi connectivity index (χ0n) is 16.8. The van der Waals surface area contributed by atoms with E-state index < -0.39 is 23.3 Å². The van der Waals surface area contributed by atoms with Crippen molar-refractivity contribution in [2.45, 2.75) is 19.0 Å². The minimum absolute atomic E-state index is 0.00785. The van der Waals surface area contributed by atoms with Crippen molar-refractivity contribution in [1.29, 1.82) is 0 Å². The lowest BCUT2D eigenvalue weighted by molar-refractivity contribution is -0.131. The highest BCUT2D eigenvalue weighted by Gasteiger charge is 2.48. The Morgan fingerprint density at radius 2 is 1.71 bits per heavy atom. The van der Waals surface area contributed by atoms with Gasteiger partial charge in [-0.1, -0.05) is 42.5 Å². The number of imide groups is 1. The molecule has 0 bridgehead atoms. The number of hydrogen-bond donors (Lipinski definition) is 2. The molecule has 0 radical (unpaired) electrons. The minimum Gasteiger partial charge on any atom is -0.322 e. The highest BCUT2D eigenvalue weighted by molar-refractivity contribution is 6.07. The summed E-state index contributed by atoms with van der Waals surface area (Å²) in [5.74, 6) is -1.16. The molecule has 4 rings (SSSR count). The fourth-order valence-electron chi connectivity index (χ4n) is 3.54. The molecule has 156 valence electrons. The SMILES string of the molecule is CC1(c2ccc(F)cc2)NC(=O)N(Cc2cccc(C(=O)Nc3ccccc3)c2)C1=O. The highest BCUT2D eigenvalue weighted by Crippen LogP contribution is 2.30. The molecule has 31 heavy (non-hydrogen) atoms. The molecular formula is C24H20FN3O3. The summed E-state index contributed by atoms with van der Waals surface area (Å²) in [4.78, 5) is 39.2. The largest absolute Gasteiger partial charge is 0.325 e. The lowest BCUT2D eigenvalue weighted by Crippen LogP contribution is -2.40. The van der Waals surface area contributed by atoms with Gasteiger partial charge in [-0.15, -0.1) is 0 Å². The van der Waals surface area contributed by atoms with E-state index in [-0.39, 0.29) is 12.5 Å². The smallest absolute Gasteiger partial charge is 0.322 e. The summed E-state index contributed by atoms with van der Waals surface area (Å²) in [6.45, 7) is 1.60. The Labute approximate surface area is 178 Å². The first-order chi connectivity index (χ1) is 14.9. The van der Waals surface area contributed by atoms with Gasteiger partial charge in [0.2, 0.25) is 0 Å². The molecule has 1 fully saturated rings. The predicted molar refractivity (Wildman–Crippen MR) is 114 cm³/mol. The molecular weight excluding hydrogens is 397 g/mol. The molecule has 4 amide bonds. The van der Waals surface area contributed by atoms with E-state index in [1.165, 1.54) is 24.3 Å². The van der Waals surface area contributed by atoms with Crippen molar-refractivity contribution >= 4 is 23.5 Å². The fourth-order valence-corrected chi connectivity index (χ4v) is 3.54. The third-order valence-electron chi connectivity index (χ3n) is 5.26. The summed E-state index contributed by atoms with van der Waals surface area (Å²) in [7, 11) is 0. The molecule has 6 nitrogen and oxygen atoms in total. The summed E-state index contributed by atoms with van der Waals surface area (Å²) >= 11 is 0. The number of amides is 4. The molecule has 3 aromatic carbocycles. The molecule has 0 saturated carbocycles. The third-order valence-corrected chi connectivity index (χ3v) is 5.26. The van der Waals surface area contributed by atoms with Gasteiger partial charge < -0.3 is 10.6 Å². The molecule has 3 aromatic rings. The van der Waals surface area contributed by atoms with E-state index in [0.717, 1.165) is 4.90 Å². The van der Waals surface area contributed by atoms with E-state index in [1.54, 1.807) is 43.3 Å². The number of carbonyl (C=O) groups excluding carboxylic acids is 3.